The Bertz CT molecular complexity index is 452. The minimum atomic E-state index is -0.0509. The van der Waals surface area contributed by atoms with Gasteiger partial charge in [-0.3, -0.25) is 4.79 Å². The number of ether oxygens (including phenoxy) is 1. The van der Waals surface area contributed by atoms with Crippen LogP contribution in [0.1, 0.15) is 43.7 Å². The summed E-state index contributed by atoms with van der Waals surface area (Å²) in [7, 11) is 1.63. The van der Waals surface area contributed by atoms with Crippen molar-refractivity contribution in [2.24, 2.45) is 0 Å². The van der Waals surface area contributed by atoms with Gasteiger partial charge in [-0.05, 0) is 31.6 Å². The molecule has 1 amide bonds. The Morgan fingerprint density at radius 1 is 1.30 bits per heavy atom. The van der Waals surface area contributed by atoms with Crippen LogP contribution in [0.25, 0.3) is 6.08 Å². The van der Waals surface area contributed by atoms with Crippen LogP contribution in [0.3, 0.4) is 0 Å². The van der Waals surface area contributed by atoms with E-state index in [4.69, 9.17) is 4.74 Å². The largest absolute Gasteiger partial charge is 0.496 e. The molecule has 0 saturated heterocycles. The quantitative estimate of drug-likeness (QED) is 0.580. The molecule has 0 radical (unpaired) electrons. The summed E-state index contributed by atoms with van der Waals surface area (Å²) in [5.74, 6) is 0.729. The Kier molecular flexibility index (Phi) is 7.48. The molecular formula is C17H25NO2. The number of rotatable bonds is 8. The fourth-order valence-corrected chi connectivity index (χ4v) is 1.97. The van der Waals surface area contributed by atoms with E-state index in [1.807, 2.05) is 25.1 Å². The van der Waals surface area contributed by atoms with Crippen molar-refractivity contribution in [2.75, 3.05) is 13.7 Å². The van der Waals surface area contributed by atoms with Crippen LogP contribution in [0.4, 0.5) is 0 Å². The normalized spacial score (nSPS) is 10.8. The number of carbonyl (C=O) groups excluding carboxylic acids is 1. The number of methoxy groups -OCH3 is 1. The molecule has 1 rings (SSSR count). The van der Waals surface area contributed by atoms with E-state index in [1.54, 1.807) is 19.3 Å². The fourth-order valence-electron chi connectivity index (χ4n) is 1.97. The Hall–Kier alpha value is -1.77. The maximum absolute atomic E-state index is 11.7. The zero-order valence-corrected chi connectivity index (χ0v) is 12.7. The van der Waals surface area contributed by atoms with Crippen LogP contribution in [0.5, 0.6) is 5.75 Å². The lowest BCUT2D eigenvalue weighted by Gasteiger charge is -2.05. The number of benzene rings is 1. The minimum absolute atomic E-state index is 0.0509. The summed E-state index contributed by atoms with van der Waals surface area (Å²) < 4.78 is 5.28. The van der Waals surface area contributed by atoms with Crippen LogP contribution in [0.2, 0.25) is 0 Å². The first kappa shape index (κ1) is 16.3. The van der Waals surface area contributed by atoms with Gasteiger partial charge in [0, 0.05) is 18.2 Å². The Morgan fingerprint density at radius 3 is 2.80 bits per heavy atom. The first-order chi connectivity index (χ1) is 9.67. The average molecular weight is 275 g/mol. The van der Waals surface area contributed by atoms with Crippen molar-refractivity contribution >= 4 is 12.0 Å². The molecule has 0 fully saturated rings. The highest BCUT2D eigenvalue weighted by Gasteiger charge is 2.00. The van der Waals surface area contributed by atoms with Gasteiger partial charge < -0.3 is 10.1 Å². The van der Waals surface area contributed by atoms with Crippen LogP contribution >= 0.6 is 0 Å². The Balaban J connectivity index is 2.46. The summed E-state index contributed by atoms with van der Waals surface area (Å²) in [5.41, 5.74) is 2.07. The molecule has 20 heavy (non-hydrogen) atoms. The first-order valence-corrected chi connectivity index (χ1v) is 7.28. The molecule has 3 nitrogen and oxygen atoms in total. The van der Waals surface area contributed by atoms with Gasteiger partial charge in [0.25, 0.3) is 0 Å². The molecule has 110 valence electrons. The van der Waals surface area contributed by atoms with Crippen LogP contribution < -0.4 is 10.1 Å². The molecule has 1 N–H and O–H groups in total. The summed E-state index contributed by atoms with van der Waals surface area (Å²) in [6, 6.07) is 5.91. The van der Waals surface area contributed by atoms with Crippen molar-refractivity contribution in [2.45, 2.75) is 39.5 Å². The monoisotopic (exact) mass is 275 g/mol. The van der Waals surface area contributed by atoms with E-state index in [2.05, 4.69) is 12.2 Å². The van der Waals surface area contributed by atoms with Gasteiger partial charge >= 0.3 is 0 Å². The van der Waals surface area contributed by atoms with E-state index in [-0.39, 0.29) is 5.91 Å². The summed E-state index contributed by atoms with van der Waals surface area (Å²) in [5, 5.41) is 2.90. The molecule has 0 aromatic heterocycles. The van der Waals surface area contributed by atoms with Crippen molar-refractivity contribution in [3.63, 3.8) is 0 Å². The second-order valence-corrected chi connectivity index (χ2v) is 4.93. The van der Waals surface area contributed by atoms with Gasteiger partial charge in [0.15, 0.2) is 0 Å². The molecule has 0 aliphatic rings. The van der Waals surface area contributed by atoms with Gasteiger partial charge in [-0.15, -0.1) is 0 Å². The third-order valence-corrected chi connectivity index (χ3v) is 3.13. The van der Waals surface area contributed by atoms with Gasteiger partial charge in [0.2, 0.25) is 5.91 Å². The van der Waals surface area contributed by atoms with Crippen LogP contribution in [-0.2, 0) is 4.79 Å². The number of amides is 1. The zero-order valence-electron chi connectivity index (χ0n) is 12.7. The molecule has 0 aliphatic carbocycles. The van der Waals surface area contributed by atoms with Gasteiger partial charge in [0.05, 0.1) is 7.11 Å². The highest BCUT2D eigenvalue weighted by Crippen LogP contribution is 2.20. The second kappa shape index (κ2) is 9.18. The molecule has 3 heteroatoms. The predicted octanol–water partition coefficient (Wildman–Crippen LogP) is 3.71. The van der Waals surface area contributed by atoms with E-state index in [9.17, 15) is 4.79 Å². The summed E-state index contributed by atoms with van der Waals surface area (Å²) in [4.78, 5) is 11.7. The van der Waals surface area contributed by atoms with Crippen molar-refractivity contribution in [1.82, 2.24) is 5.32 Å². The van der Waals surface area contributed by atoms with E-state index in [1.165, 1.54) is 19.3 Å². The van der Waals surface area contributed by atoms with E-state index < -0.39 is 0 Å². The number of carbonyl (C=O) groups is 1. The molecule has 0 heterocycles. The third kappa shape index (κ3) is 5.91. The van der Waals surface area contributed by atoms with Gasteiger partial charge in [-0.25, -0.2) is 0 Å². The number of hydrogen-bond acceptors (Lipinski definition) is 2. The zero-order chi connectivity index (χ0) is 14.8. The number of hydrogen-bond donors (Lipinski definition) is 1. The molecule has 0 bridgehead atoms. The van der Waals surface area contributed by atoms with E-state index >= 15 is 0 Å². The average Bonchev–Trinajstić information content (AvgIpc) is 2.45. The van der Waals surface area contributed by atoms with Crippen LogP contribution in [-0.4, -0.2) is 19.6 Å². The van der Waals surface area contributed by atoms with Crippen molar-refractivity contribution in [3.8, 4) is 5.75 Å². The Labute approximate surface area is 122 Å². The predicted molar refractivity (Wildman–Crippen MR) is 83.9 cm³/mol. The molecule has 0 saturated carbocycles. The fraction of sp³-hybridized carbons (Fsp3) is 0.471. The SMILES string of the molecule is CCCCCCNC(=O)/C=C/c1cc(C)ccc1OC. The van der Waals surface area contributed by atoms with Crippen molar-refractivity contribution < 1.29 is 9.53 Å². The lowest BCUT2D eigenvalue weighted by molar-refractivity contribution is -0.116. The standard InChI is InChI=1S/C17H25NO2/c1-4-5-6-7-12-18-17(19)11-9-15-13-14(2)8-10-16(15)20-3/h8-11,13H,4-7,12H2,1-3H3,(H,18,19)/b11-9+. The topological polar surface area (TPSA) is 38.3 Å². The van der Waals surface area contributed by atoms with Crippen LogP contribution in [0.15, 0.2) is 24.3 Å². The van der Waals surface area contributed by atoms with Crippen LogP contribution in [0, 0.1) is 6.92 Å². The van der Waals surface area contributed by atoms with Gasteiger partial charge in [-0.2, -0.15) is 0 Å². The Morgan fingerprint density at radius 2 is 2.10 bits per heavy atom. The highest BCUT2D eigenvalue weighted by atomic mass is 16.5. The molecule has 0 spiro atoms. The molecular weight excluding hydrogens is 250 g/mol. The molecule has 1 aromatic rings. The number of nitrogens with one attached hydrogen (secondary N) is 1. The summed E-state index contributed by atoms with van der Waals surface area (Å²) >= 11 is 0. The molecule has 1 aromatic carbocycles. The second-order valence-electron chi connectivity index (χ2n) is 4.93. The molecule has 0 aliphatic heterocycles. The molecule has 0 unspecified atom stereocenters. The van der Waals surface area contributed by atoms with Gasteiger partial charge in [0.1, 0.15) is 5.75 Å². The van der Waals surface area contributed by atoms with E-state index in [0.29, 0.717) is 0 Å². The molecule has 0 atom stereocenters. The lowest BCUT2D eigenvalue weighted by Crippen LogP contribution is -2.21. The lowest BCUT2D eigenvalue weighted by atomic mass is 10.1. The third-order valence-electron chi connectivity index (χ3n) is 3.13. The first-order valence-electron chi connectivity index (χ1n) is 7.28. The maximum atomic E-state index is 11.7. The van der Waals surface area contributed by atoms with Gasteiger partial charge in [-0.1, -0.05) is 37.8 Å². The van der Waals surface area contributed by atoms with Crippen molar-refractivity contribution in [1.29, 1.82) is 0 Å². The minimum Gasteiger partial charge on any atom is -0.496 e. The summed E-state index contributed by atoms with van der Waals surface area (Å²) in [6.07, 6.45) is 8.02. The smallest absolute Gasteiger partial charge is 0.244 e. The van der Waals surface area contributed by atoms with E-state index in [0.717, 1.165) is 29.8 Å². The maximum Gasteiger partial charge on any atom is 0.244 e. The van der Waals surface area contributed by atoms with Crippen molar-refractivity contribution in [3.05, 3.63) is 35.4 Å². The number of unbranched alkanes of at least 4 members (excludes halogenated alkanes) is 3. The number of aryl methyl sites for hydroxylation is 1. The summed E-state index contributed by atoms with van der Waals surface area (Å²) in [6.45, 7) is 4.94. The highest BCUT2D eigenvalue weighted by molar-refractivity contribution is 5.92.